The van der Waals surface area contributed by atoms with Crippen molar-refractivity contribution < 1.29 is 18.8 Å². The minimum absolute atomic E-state index is 0.1000. The van der Waals surface area contributed by atoms with E-state index in [4.69, 9.17) is 5.73 Å². The summed E-state index contributed by atoms with van der Waals surface area (Å²) < 4.78 is 13.0. The molecule has 0 saturated carbocycles. The summed E-state index contributed by atoms with van der Waals surface area (Å²) in [5.74, 6) is -1.73. The zero-order valence-electron chi connectivity index (χ0n) is 16.9. The largest absolute Gasteiger partial charge is 0.369 e. The van der Waals surface area contributed by atoms with Crippen molar-refractivity contribution >= 4 is 23.5 Å². The number of nitrogens with two attached hydrogens (primary N) is 1. The van der Waals surface area contributed by atoms with Crippen molar-refractivity contribution in [3.8, 4) is 0 Å². The minimum atomic E-state index is -0.590. The third-order valence-corrected chi connectivity index (χ3v) is 4.46. The first-order chi connectivity index (χ1) is 14.4. The molecule has 0 heterocycles. The summed E-state index contributed by atoms with van der Waals surface area (Å²) in [6.45, 7) is 2.66. The first-order valence-corrected chi connectivity index (χ1v) is 9.81. The Morgan fingerprint density at radius 2 is 1.60 bits per heavy atom. The summed E-state index contributed by atoms with van der Waals surface area (Å²) in [6.07, 6.45) is 1.29. The average Bonchev–Trinajstić information content (AvgIpc) is 2.72. The average molecular weight is 414 g/mol. The number of benzene rings is 2. The SMILES string of the molecule is CCCNC(=O)Nc1ccc(CC(=O)NCC(Cc2ccc(F)cc2)C(N)=O)cc1. The summed E-state index contributed by atoms with van der Waals surface area (Å²) in [4.78, 5) is 35.6. The molecule has 2 aromatic carbocycles. The molecule has 0 fully saturated rings. The molecule has 5 N–H and O–H groups in total. The highest BCUT2D eigenvalue weighted by molar-refractivity contribution is 5.89. The maximum absolute atomic E-state index is 13.0. The van der Waals surface area contributed by atoms with Crippen molar-refractivity contribution in [2.45, 2.75) is 26.2 Å². The van der Waals surface area contributed by atoms with Crippen molar-refractivity contribution in [3.63, 3.8) is 0 Å². The lowest BCUT2D eigenvalue weighted by Crippen LogP contribution is -2.37. The van der Waals surface area contributed by atoms with E-state index in [0.29, 0.717) is 18.7 Å². The Labute approximate surface area is 175 Å². The van der Waals surface area contributed by atoms with E-state index in [1.807, 2.05) is 6.92 Å². The molecule has 0 aliphatic carbocycles. The Balaban J connectivity index is 1.82. The molecular weight excluding hydrogens is 387 g/mol. The molecule has 2 rings (SSSR count). The Morgan fingerprint density at radius 1 is 0.967 bits per heavy atom. The molecule has 0 aromatic heterocycles. The van der Waals surface area contributed by atoms with E-state index in [9.17, 15) is 18.8 Å². The second-order valence-corrected chi connectivity index (χ2v) is 6.99. The van der Waals surface area contributed by atoms with Gasteiger partial charge in [-0.25, -0.2) is 9.18 Å². The van der Waals surface area contributed by atoms with Crippen LogP contribution in [0.3, 0.4) is 0 Å². The van der Waals surface area contributed by atoms with Gasteiger partial charge >= 0.3 is 6.03 Å². The number of carbonyl (C=O) groups is 3. The van der Waals surface area contributed by atoms with E-state index in [-0.39, 0.29) is 30.7 Å². The van der Waals surface area contributed by atoms with Gasteiger partial charge in [-0.05, 0) is 48.2 Å². The Kier molecular flexibility index (Phi) is 8.80. The van der Waals surface area contributed by atoms with Gasteiger partial charge in [0.1, 0.15) is 5.82 Å². The summed E-state index contributed by atoms with van der Waals surface area (Å²) in [5, 5.41) is 8.15. The van der Waals surface area contributed by atoms with Gasteiger partial charge in [-0.2, -0.15) is 0 Å². The van der Waals surface area contributed by atoms with Crippen LogP contribution in [0.2, 0.25) is 0 Å². The smallest absolute Gasteiger partial charge is 0.319 e. The first kappa shape index (κ1) is 22.9. The molecule has 0 saturated heterocycles. The van der Waals surface area contributed by atoms with Gasteiger partial charge in [0, 0.05) is 18.8 Å². The second kappa shape index (κ2) is 11.5. The third-order valence-electron chi connectivity index (χ3n) is 4.46. The molecule has 1 atom stereocenters. The normalized spacial score (nSPS) is 11.4. The first-order valence-electron chi connectivity index (χ1n) is 9.81. The van der Waals surface area contributed by atoms with E-state index in [0.717, 1.165) is 17.5 Å². The number of urea groups is 1. The lowest BCUT2D eigenvalue weighted by molar-refractivity contribution is -0.123. The van der Waals surface area contributed by atoms with E-state index in [2.05, 4.69) is 16.0 Å². The van der Waals surface area contributed by atoms with Gasteiger partial charge in [0.15, 0.2) is 0 Å². The van der Waals surface area contributed by atoms with E-state index in [1.54, 1.807) is 36.4 Å². The maximum Gasteiger partial charge on any atom is 0.319 e. The molecule has 0 radical (unpaired) electrons. The van der Waals surface area contributed by atoms with Crippen LogP contribution in [0.25, 0.3) is 0 Å². The monoisotopic (exact) mass is 414 g/mol. The van der Waals surface area contributed by atoms with Crippen molar-refractivity contribution in [1.29, 1.82) is 0 Å². The van der Waals surface area contributed by atoms with Crippen molar-refractivity contribution in [3.05, 3.63) is 65.5 Å². The molecular formula is C22H27FN4O3. The second-order valence-electron chi connectivity index (χ2n) is 6.99. The summed E-state index contributed by atoms with van der Waals surface area (Å²) in [5.41, 5.74) is 7.59. The van der Waals surface area contributed by atoms with Crippen LogP contribution in [0.15, 0.2) is 48.5 Å². The Morgan fingerprint density at radius 3 is 2.20 bits per heavy atom. The van der Waals surface area contributed by atoms with Crippen LogP contribution in [-0.2, 0) is 22.4 Å². The molecule has 0 aliphatic heterocycles. The Bertz CT molecular complexity index is 854. The van der Waals surface area contributed by atoms with Crippen molar-refractivity contribution in [2.75, 3.05) is 18.4 Å². The number of halogens is 1. The Hall–Kier alpha value is -3.42. The van der Waals surface area contributed by atoms with Crippen LogP contribution in [0.5, 0.6) is 0 Å². The fraction of sp³-hybridized carbons (Fsp3) is 0.318. The summed E-state index contributed by atoms with van der Waals surface area (Å²) in [6, 6.07) is 12.5. The van der Waals surface area contributed by atoms with Crippen LogP contribution in [0.1, 0.15) is 24.5 Å². The summed E-state index contributed by atoms with van der Waals surface area (Å²) >= 11 is 0. The fourth-order valence-corrected chi connectivity index (χ4v) is 2.78. The lowest BCUT2D eigenvalue weighted by Gasteiger charge is -2.15. The molecule has 0 bridgehead atoms. The van der Waals surface area contributed by atoms with Gasteiger partial charge in [0.25, 0.3) is 0 Å². The van der Waals surface area contributed by atoms with Gasteiger partial charge in [-0.15, -0.1) is 0 Å². The minimum Gasteiger partial charge on any atom is -0.369 e. The van der Waals surface area contributed by atoms with E-state index >= 15 is 0 Å². The number of primary amides is 1. The fourth-order valence-electron chi connectivity index (χ4n) is 2.78. The topological polar surface area (TPSA) is 113 Å². The molecule has 4 amide bonds. The molecule has 0 aliphatic rings. The number of rotatable bonds is 10. The van der Waals surface area contributed by atoms with Gasteiger partial charge in [0.2, 0.25) is 11.8 Å². The van der Waals surface area contributed by atoms with Crippen LogP contribution in [0.4, 0.5) is 14.9 Å². The molecule has 1 unspecified atom stereocenters. The molecule has 2 aromatic rings. The van der Waals surface area contributed by atoms with E-state index < -0.39 is 11.8 Å². The third kappa shape index (κ3) is 7.90. The quantitative estimate of drug-likeness (QED) is 0.479. The van der Waals surface area contributed by atoms with Crippen LogP contribution >= 0.6 is 0 Å². The van der Waals surface area contributed by atoms with Crippen molar-refractivity contribution in [1.82, 2.24) is 10.6 Å². The highest BCUT2D eigenvalue weighted by Crippen LogP contribution is 2.11. The number of carbonyl (C=O) groups excluding carboxylic acids is 3. The number of hydrogen-bond acceptors (Lipinski definition) is 3. The number of hydrogen-bond donors (Lipinski definition) is 4. The maximum atomic E-state index is 13.0. The van der Waals surface area contributed by atoms with E-state index in [1.165, 1.54) is 12.1 Å². The van der Waals surface area contributed by atoms with Crippen molar-refractivity contribution in [2.24, 2.45) is 11.7 Å². The molecule has 0 spiro atoms. The zero-order chi connectivity index (χ0) is 21.9. The van der Waals surface area contributed by atoms with Crippen LogP contribution < -0.4 is 21.7 Å². The van der Waals surface area contributed by atoms with Crippen LogP contribution in [0, 0.1) is 11.7 Å². The zero-order valence-corrected chi connectivity index (χ0v) is 16.9. The number of amides is 4. The van der Waals surface area contributed by atoms with Gasteiger partial charge < -0.3 is 21.7 Å². The highest BCUT2D eigenvalue weighted by atomic mass is 19.1. The predicted octanol–water partition coefficient (Wildman–Crippen LogP) is 2.36. The molecule has 8 heteroatoms. The van der Waals surface area contributed by atoms with Crippen LogP contribution in [-0.4, -0.2) is 30.9 Å². The van der Waals surface area contributed by atoms with Gasteiger partial charge in [-0.1, -0.05) is 31.2 Å². The molecule has 160 valence electrons. The highest BCUT2D eigenvalue weighted by Gasteiger charge is 2.17. The molecule has 7 nitrogen and oxygen atoms in total. The standard InChI is InChI=1S/C22H27FN4O3/c1-2-11-25-22(30)27-19-9-5-16(6-10-19)13-20(28)26-14-17(21(24)29)12-15-3-7-18(23)8-4-15/h3-10,17H,2,11-14H2,1H3,(H2,24,29)(H,26,28)(H2,25,27,30). The van der Waals surface area contributed by atoms with Gasteiger partial charge in [0.05, 0.1) is 12.3 Å². The number of nitrogens with one attached hydrogen (secondary N) is 3. The van der Waals surface area contributed by atoms with Gasteiger partial charge in [-0.3, -0.25) is 9.59 Å². The molecule has 30 heavy (non-hydrogen) atoms. The lowest BCUT2D eigenvalue weighted by atomic mass is 9.98. The number of anilines is 1. The predicted molar refractivity (Wildman–Crippen MR) is 113 cm³/mol. The summed E-state index contributed by atoms with van der Waals surface area (Å²) in [7, 11) is 0.